The molecule has 0 spiro atoms. The van der Waals surface area contributed by atoms with Gasteiger partial charge in [-0.05, 0) is 30.4 Å². The van der Waals surface area contributed by atoms with Gasteiger partial charge in [0.1, 0.15) is 5.82 Å². The van der Waals surface area contributed by atoms with Crippen molar-refractivity contribution < 1.29 is 0 Å². The van der Waals surface area contributed by atoms with Gasteiger partial charge in [-0.3, -0.25) is 0 Å². The molecular formula is C13H15N3S. The van der Waals surface area contributed by atoms with Gasteiger partial charge in [-0.2, -0.15) is 0 Å². The van der Waals surface area contributed by atoms with Gasteiger partial charge < -0.3 is 5.73 Å². The standard InChI is InChI=1S/C13H15N3S/c14-8-11-6-10(7-12-2-1-5-17-12)15-13(16-11)9-3-4-9/h1-2,5-6,9H,3-4,7-8,14H2. The molecule has 0 aromatic carbocycles. The van der Waals surface area contributed by atoms with Gasteiger partial charge in [0.15, 0.2) is 0 Å². The first kappa shape index (κ1) is 10.9. The number of aromatic nitrogens is 2. The second-order valence-electron chi connectivity index (χ2n) is 4.44. The van der Waals surface area contributed by atoms with Crippen LogP contribution in [0.5, 0.6) is 0 Å². The first-order chi connectivity index (χ1) is 8.35. The summed E-state index contributed by atoms with van der Waals surface area (Å²) in [5, 5.41) is 2.10. The Balaban J connectivity index is 1.89. The van der Waals surface area contributed by atoms with E-state index in [1.807, 2.05) is 6.07 Å². The number of thiophene rings is 1. The third kappa shape index (κ3) is 2.53. The Hall–Kier alpha value is -1.26. The highest BCUT2D eigenvalue weighted by atomic mass is 32.1. The molecule has 0 bridgehead atoms. The molecule has 3 nitrogen and oxygen atoms in total. The van der Waals surface area contributed by atoms with Crippen LogP contribution in [-0.2, 0) is 13.0 Å². The highest BCUT2D eigenvalue weighted by molar-refractivity contribution is 7.09. The molecule has 1 aliphatic carbocycles. The third-order valence-corrected chi connectivity index (χ3v) is 3.81. The van der Waals surface area contributed by atoms with Crippen molar-refractivity contribution >= 4 is 11.3 Å². The lowest BCUT2D eigenvalue weighted by molar-refractivity contribution is 0.840. The molecule has 4 heteroatoms. The van der Waals surface area contributed by atoms with Crippen molar-refractivity contribution in [2.24, 2.45) is 5.73 Å². The Morgan fingerprint density at radius 1 is 1.29 bits per heavy atom. The number of rotatable bonds is 4. The molecule has 0 saturated heterocycles. The summed E-state index contributed by atoms with van der Waals surface area (Å²) in [7, 11) is 0. The number of nitrogens with zero attached hydrogens (tertiary/aromatic N) is 2. The molecule has 2 aromatic heterocycles. The van der Waals surface area contributed by atoms with Gasteiger partial charge in [0.2, 0.25) is 0 Å². The molecule has 0 radical (unpaired) electrons. The Kier molecular flexibility index (Phi) is 2.91. The Bertz CT molecular complexity index is 503. The second kappa shape index (κ2) is 4.55. The van der Waals surface area contributed by atoms with E-state index in [4.69, 9.17) is 5.73 Å². The molecule has 0 unspecified atom stereocenters. The van der Waals surface area contributed by atoms with Crippen molar-refractivity contribution in [3.63, 3.8) is 0 Å². The topological polar surface area (TPSA) is 51.8 Å². The Morgan fingerprint density at radius 3 is 2.76 bits per heavy atom. The van der Waals surface area contributed by atoms with Crippen LogP contribution in [0.25, 0.3) is 0 Å². The Labute approximate surface area is 105 Å². The summed E-state index contributed by atoms with van der Waals surface area (Å²) in [4.78, 5) is 10.5. The summed E-state index contributed by atoms with van der Waals surface area (Å²) in [5.74, 6) is 1.59. The van der Waals surface area contributed by atoms with Crippen LogP contribution in [0.3, 0.4) is 0 Å². The van der Waals surface area contributed by atoms with Crippen LogP contribution in [0.2, 0.25) is 0 Å². The summed E-state index contributed by atoms with van der Waals surface area (Å²) in [6.45, 7) is 0.500. The summed E-state index contributed by atoms with van der Waals surface area (Å²) < 4.78 is 0. The first-order valence-electron chi connectivity index (χ1n) is 5.94. The maximum absolute atomic E-state index is 5.69. The third-order valence-electron chi connectivity index (χ3n) is 2.94. The van der Waals surface area contributed by atoms with E-state index in [1.54, 1.807) is 11.3 Å². The summed E-state index contributed by atoms with van der Waals surface area (Å²) >= 11 is 1.77. The molecule has 1 saturated carbocycles. The van der Waals surface area contributed by atoms with Crippen LogP contribution in [0.4, 0.5) is 0 Å². The van der Waals surface area contributed by atoms with Crippen molar-refractivity contribution in [3.8, 4) is 0 Å². The molecule has 1 aliphatic rings. The van der Waals surface area contributed by atoms with E-state index in [0.29, 0.717) is 12.5 Å². The molecule has 2 heterocycles. The minimum absolute atomic E-state index is 0.500. The van der Waals surface area contributed by atoms with Crippen molar-refractivity contribution in [3.05, 3.63) is 45.7 Å². The molecule has 88 valence electrons. The average Bonchev–Trinajstić information content (AvgIpc) is 3.09. The van der Waals surface area contributed by atoms with Gasteiger partial charge in [-0.25, -0.2) is 9.97 Å². The maximum atomic E-state index is 5.69. The van der Waals surface area contributed by atoms with E-state index in [-0.39, 0.29) is 0 Å². The molecule has 3 rings (SSSR count). The largest absolute Gasteiger partial charge is 0.325 e. The van der Waals surface area contributed by atoms with Crippen LogP contribution < -0.4 is 5.73 Å². The molecule has 2 aromatic rings. The summed E-state index contributed by atoms with van der Waals surface area (Å²) in [6.07, 6.45) is 3.35. The van der Waals surface area contributed by atoms with Gasteiger partial charge >= 0.3 is 0 Å². The smallest absolute Gasteiger partial charge is 0.132 e. The first-order valence-corrected chi connectivity index (χ1v) is 6.82. The predicted molar refractivity (Wildman–Crippen MR) is 69.0 cm³/mol. The molecular weight excluding hydrogens is 230 g/mol. The zero-order chi connectivity index (χ0) is 11.7. The zero-order valence-corrected chi connectivity index (χ0v) is 10.4. The fourth-order valence-electron chi connectivity index (χ4n) is 1.89. The zero-order valence-electron chi connectivity index (χ0n) is 9.60. The van der Waals surface area contributed by atoms with E-state index in [9.17, 15) is 0 Å². The monoisotopic (exact) mass is 245 g/mol. The summed E-state index contributed by atoms with van der Waals surface area (Å²) in [6, 6.07) is 6.25. The highest BCUT2D eigenvalue weighted by Gasteiger charge is 2.27. The SMILES string of the molecule is NCc1cc(Cc2cccs2)nc(C2CC2)n1. The van der Waals surface area contributed by atoms with Gasteiger partial charge in [0.25, 0.3) is 0 Å². The highest BCUT2D eigenvalue weighted by Crippen LogP contribution is 2.38. The van der Waals surface area contributed by atoms with Crippen LogP contribution in [0.1, 0.15) is 40.8 Å². The molecule has 0 atom stereocenters. The average molecular weight is 245 g/mol. The van der Waals surface area contributed by atoms with Crippen molar-refractivity contribution in [1.29, 1.82) is 0 Å². The molecule has 1 fully saturated rings. The van der Waals surface area contributed by atoms with E-state index in [1.165, 1.54) is 17.7 Å². The van der Waals surface area contributed by atoms with E-state index < -0.39 is 0 Å². The fourth-order valence-corrected chi connectivity index (χ4v) is 2.61. The van der Waals surface area contributed by atoms with Gasteiger partial charge in [0.05, 0.1) is 5.69 Å². The van der Waals surface area contributed by atoms with Crippen molar-refractivity contribution in [2.75, 3.05) is 0 Å². The van der Waals surface area contributed by atoms with Gasteiger partial charge in [-0.15, -0.1) is 11.3 Å². The molecule has 0 aliphatic heterocycles. The van der Waals surface area contributed by atoms with Gasteiger partial charge in [-0.1, -0.05) is 6.07 Å². The number of nitrogens with two attached hydrogens (primary N) is 1. The lowest BCUT2D eigenvalue weighted by atomic mass is 10.2. The van der Waals surface area contributed by atoms with Crippen LogP contribution in [0, 0.1) is 0 Å². The summed E-state index contributed by atoms with van der Waals surface area (Å²) in [5.41, 5.74) is 7.76. The fraction of sp³-hybridized carbons (Fsp3) is 0.385. The number of hydrogen-bond donors (Lipinski definition) is 1. The van der Waals surface area contributed by atoms with Crippen LogP contribution >= 0.6 is 11.3 Å². The molecule has 0 amide bonds. The Morgan fingerprint density at radius 2 is 2.12 bits per heavy atom. The predicted octanol–water partition coefficient (Wildman–Crippen LogP) is 2.47. The minimum Gasteiger partial charge on any atom is -0.325 e. The minimum atomic E-state index is 0.500. The molecule has 17 heavy (non-hydrogen) atoms. The quantitative estimate of drug-likeness (QED) is 0.900. The second-order valence-corrected chi connectivity index (χ2v) is 5.48. The van der Waals surface area contributed by atoms with Crippen LogP contribution in [-0.4, -0.2) is 9.97 Å². The van der Waals surface area contributed by atoms with Crippen molar-refractivity contribution in [1.82, 2.24) is 9.97 Å². The van der Waals surface area contributed by atoms with E-state index in [2.05, 4.69) is 27.5 Å². The lowest BCUT2D eigenvalue weighted by Crippen LogP contribution is -2.06. The van der Waals surface area contributed by atoms with E-state index >= 15 is 0 Å². The van der Waals surface area contributed by atoms with Gasteiger partial charge in [0, 0.05) is 29.5 Å². The lowest BCUT2D eigenvalue weighted by Gasteiger charge is -2.05. The van der Waals surface area contributed by atoms with Crippen molar-refractivity contribution in [2.45, 2.75) is 31.7 Å². The number of hydrogen-bond acceptors (Lipinski definition) is 4. The molecule has 2 N–H and O–H groups in total. The normalized spacial score (nSPS) is 15.1. The maximum Gasteiger partial charge on any atom is 0.132 e. The van der Waals surface area contributed by atoms with E-state index in [0.717, 1.165) is 23.6 Å². The van der Waals surface area contributed by atoms with Crippen LogP contribution in [0.15, 0.2) is 23.6 Å².